The molecule has 0 amide bonds. The predicted molar refractivity (Wildman–Crippen MR) is 25.3 cm³/mol. The average molecular weight is 96.1 g/mol. The van der Waals surface area contributed by atoms with Crippen LogP contribution in [0, 0.1) is 11.8 Å². The molecule has 5 rings (SSSR count). The van der Waals surface area contributed by atoms with Crippen LogP contribution in [0.15, 0.2) is 0 Å². The van der Waals surface area contributed by atoms with Gasteiger partial charge in [0.25, 0.3) is 0 Å². The highest BCUT2D eigenvalue weighted by Gasteiger charge is 2.97. The SMILES string of the molecule is C12C3C1P1C2C31. The molecule has 0 spiro atoms. The van der Waals surface area contributed by atoms with Gasteiger partial charge in [-0.2, -0.15) is 0 Å². The van der Waals surface area contributed by atoms with Crippen LogP contribution in [0.2, 0.25) is 0 Å². The summed E-state index contributed by atoms with van der Waals surface area (Å²) in [6, 6.07) is 0. The largest absolute Gasteiger partial charge is 0.0946 e. The second-order valence-corrected chi connectivity index (χ2v) is 5.76. The van der Waals surface area contributed by atoms with Crippen molar-refractivity contribution < 1.29 is 0 Å². The molecule has 0 N–H and O–H groups in total. The first-order valence-electron chi connectivity index (χ1n) is 2.77. The summed E-state index contributed by atoms with van der Waals surface area (Å²) in [5, 5.41) is 0. The van der Waals surface area contributed by atoms with Gasteiger partial charge in [-0.3, -0.25) is 0 Å². The summed E-state index contributed by atoms with van der Waals surface area (Å²) < 4.78 is 0. The average Bonchev–Trinajstić information content (AvgIpc) is 1.64. The molecular weight excluding hydrogens is 91.0 g/mol. The molecule has 5 aliphatic rings. The lowest BCUT2D eigenvalue weighted by Gasteiger charge is -2.04. The zero-order chi connectivity index (χ0) is 3.46. The van der Waals surface area contributed by atoms with E-state index in [1.54, 1.807) is 0 Å². The lowest BCUT2D eigenvalue weighted by atomic mass is 10.0. The fourth-order valence-electron chi connectivity index (χ4n) is 2.79. The third-order valence-corrected chi connectivity index (χ3v) is 6.91. The Bertz CT molecular complexity index is 79.0. The first-order valence-corrected chi connectivity index (χ1v) is 4.32. The maximum Gasteiger partial charge on any atom is -0.00952 e. The van der Waals surface area contributed by atoms with Crippen LogP contribution in [0.4, 0.5) is 0 Å². The molecule has 0 nitrogen and oxygen atoms in total. The van der Waals surface area contributed by atoms with Gasteiger partial charge in [-0.1, -0.05) is 7.92 Å². The minimum absolute atomic E-state index is 0.822. The molecule has 6 heavy (non-hydrogen) atoms. The van der Waals surface area contributed by atoms with Gasteiger partial charge in [-0.15, -0.1) is 0 Å². The van der Waals surface area contributed by atoms with E-state index in [4.69, 9.17) is 0 Å². The van der Waals surface area contributed by atoms with Crippen molar-refractivity contribution in [2.45, 2.75) is 17.0 Å². The lowest BCUT2D eigenvalue weighted by molar-refractivity contribution is 0.572. The highest BCUT2D eigenvalue weighted by molar-refractivity contribution is 7.73. The normalized spacial score (nSPS) is 108. The van der Waals surface area contributed by atoms with Crippen molar-refractivity contribution in [2.24, 2.45) is 11.8 Å². The smallest absolute Gasteiger partial charge is 0.00952 e. The van der Waals surface area contributed by atoms with Gasteiger partial charge >= 0.3 is 0 Å². The molecule has 4 atom stereocenters. The Kier molecular flexibility index (Phi) is 0.111. The zero-order valence-electron chi connectivity index (χ0n) is 3.33. The van der Waals surface area contributed by atoms with Crippen molar-refractivity contribution in [1.82, 2.24) is 0 Å². The molecule has 30 valence electrons. The molecule has 0 bridgehead atoms. The van der Waals surface area contributed by atoms with E-state index in [-0.39, 0.29) is 0 Å². The first kappa shape index (κ1) is 2.13. The summed E-state index contributed by atoms with van der Waals surface area (Å²) in [7, 11) is 0.822. The molecule has 3 heterocycles. The molecule has 5 fully saturated rings. The Morgan fingerprint density at radius 2 is 1.50 bits per heavy atom. The summed E-state index contributed by atoms with van der Waals surface area (Å²) in [4.78, 5) is 0. The maximum atomic E-state index is 1.40. The Balaban J connectivity index is 2.31. The van der Waals surface area contributed by atoms with E-state index in [1.807, 2.05) is 0 Å². The van der Waals surface area contributed by atoms with Crippen molar-refractivity contribution in [3.63, 3.8) is 0 Å². The molecule has 3 saturated heterocycles. The molecule has 4 unspecified atom stereocenters. The summed E-state index contributed by atoms with van der Waals surface area (Å²) in [6.45, 7) is 0. The van der Waals surface area contributed by atoms with Crippen LogP contribution in [-0.4, -0.2) is 17.0 Å². The number of rotatable bonds is 0. The topological polar surface area (TPSA) is 0 Å². The Hall–Kier alpha value is 0.430. The summed E-state index contributed by atoms with van der Waals surface area (Å²) in [5.41, 5.74) is 4.19. The second kappa shape index (κ2) is 0.314. The summed E-state index contributed by atoms with van der Waals surface area (Å²) >= 11 is 0. The fourth-order valence-corrected chi connectivity index (χ4v) is 7.22. The summed E-state index contributed by atoms with van der Waals surface area (Å²) in [5.74, 6) is 2.72. The van der Waals surface area contributed by atoms with Gasteiger partial charge in [-0.05, 0) is 28.8 Å². The standard InChI is InChI=1S/C5H5P/c1-2-3(1)6-4(1)5(2)6/h1-5H. The van der Waals surface area contributed by atoms with Crippen LogP contribution in [0.3, 0.4) is 0 Å². The van der Waals surface area contributed by atoms with Gasteiger partial charge in [0.2, 0.25) is 0 Å². The van der Waals surface area contributed by atoms with E-state index >= 15 is 0 Å². The van der Waals surface area contributed by atoms with Crippen molar-refractivity contribution in [3.05, 3.63) is 0 Å². The molecular formula is C5H5P. The van der Waals surface area contributed by atoms with Crippen LogP contribution >= 0.6 is 7.92 Å². The molecule has 3 aliphatic heterocycles. The molecule has 2 aliphatic carbocycles. The van der Waals surface area contributed by atoms with E-state index in [9.17, 15) is 0 Å². The Labute approximate surface area is 37.7 Å². The molecule has 0 aromatic rings. The van der Waals surface area contributed by atoms with Crippen LogP contribution in [-0.2, 0) is 0 Å². The lowest BCUT2D eigenvalue weighted by Crippen LogP contribution is -2.11. The highest BCUT2D eigenvalue weighted by atomic mass is 31.1. The van der Waals surface area contributed by atoms with Crippen LogP contribution in [0.1, 0.15) is 0 Å². The van der Waals surface area contributed by atoms with Gasteiger partial charge in [-0.25, -0.2) is 0 Å². The second-order valence-electron chi connectivity index (χ2n) is 3.07. The fraction of sp³-hybridized carbons (Fsp3) is 1.00. The van der Waals surface area contributed by atoms with Gasteiger partial charge in [0.1, 0.15) is 0 Å². The van der Waals surface area contributed by atoms with E-state index in [1.165, 1.54) is 28.8 Å². The van der Waals surface area contributed by atoms with Gasteiger partial charge < -0.3 is 0 Å². The van der Waals surface area contributed by atoms with E-state index < -0.39 is 0 Å². The monoisotopic (exact) mass is 96.0 g/mol. The van der Waals surface area contributed by atoms with Crippen molar-refractivity contribution in [2.75, 3.05) is 0 Å². The Morgan fingerprint density at radius 3 is 1.67 bits per heavy atom. The molecule has 2 saturated carbocycles. The third kappa shape index (κ3) is 0.0496. The first-order chi connectivity index (χ1) is 3.00. The van der Waals surface area contributed by atoms with E-state index in [2.05, 4.69) is 0 Å². The summed E-state index contributed by atoms with van der Waals surface area (Å²) in [6.07, 6.45) is 0. The maximum absolute atomic E-state index is 1.40. The van der Waals surface area contributed by atoms with Gasteiger partial charge in [0.15, 0.2) is 0 Å². The van der Waals surface area contributed by atoms with Crippen LogP contribution in [0.5, 0.6) is 0 Å². The number of hydrogen-bond donors (Lipinski definition) is 0. The number of hydrogen-bond acceptors (Lipinski definition) is 0. The highest BCUT2D eigenvalue weighted by Crippen LogP contribution is 3.09. The minimum atomic E-state index is 0.822. The van der Waals surface area contributed by atoms with Crippen LogP contribution in [0.25, 0.3) is 0 Å². The molecule has 0 aromatic carbocycles. The zero-order valence-corrected chi connectivity index (χ0v) is 4.23. The Morgan fingerprint density at radius 1 is 0.833 bits per heavy atom. The molecule has 0 aromatic heterocycles. The van der Waals surface area contributed by atoms with Crippen LogP contribution < -0.4 is 0 Å². The van der Waals surface area contributed by atoms with E-state index in [0.29, 0.717) is 0 Å². The van der Waals surface area contributed by atoms with Gasteiger partial charge in [0, 0.05) is 0 Å². The van der Waals surface area contributed by atoms with Crippen molar-refractivity contribution in [3.8, 4) is 0 Å². The minimum Gasteiger partial charge on any atom is -0.0946 e. The molecule has 1 heteroatoms. The quantitative estimate of drug-likeness (QED) is 0.392. The predicted octanol–water partition coefficient (Wildman–Crippen LogP) is 0.861. The van der Waals surface area contributed by atoms with Crippen molar-refractivity contribution >= 4 is 7.92 Å². The third-order valence-electron chi connectivity index (χ3n) is 3.17. The van der Waals surface area contributed by atoms with E-state index in [0.717, 1.165) is 7.92 Å². The molecule has 0 radical (unpaired) electrons. The van der Waals surface area contributed by atoms with Gasteiger partial charge in [0.05, 0.1) is 0 Å². The van der Waals surface area contributed by atoms with Crippen molar-refractivity contribution in [1.29, 1.82) is 0 Å².